The molecule has 0 radical (unpaired) electrons. The molecule has 1 aromatic heterocycles. The monoisotopic (exact) mass is 392 g/mol. The standard InChI is InChI=1S/C18H17IO2/c19-10-4-7-15-13-21-18-11-16(8-9-17(15)18)20-12-14-5-2-1-3-6-14/h1-3,5-6,8-9,11,13H,4,7,10,12H2. The Morgan fingerprint density at radius 2 is 1.90 bits per heavy atom. The molecule has 0 N–H and O–H groups in total. The van der Waals surface area contributed by atoms with Crippen molar-refractivity contribution in [2.75, 3.05) is 4.43 Å². The number of furan rings is 1. The van der Waals surface area contributed by atoms with E-state index in [2.05, 4.69) is 40.8 Å². The number of hydrogen-bond donors (Lipinski definition) is 0. The third kappa shape index (κ3) is 3.59. The van der Waals surface area contributed by atoms with E-state index in [9.17, 15) is 0 Å². The van der Waals surface area contributed by atoms with Crippen molar-refractivity contribution in [2.24, 2.45) is 0 Å². The maximum absolute atomic E-state index is 5.83. The molecule has 0 aliphatic rings. The van der Waals surface area contributed by atoms with Crippen molar-refractivity contribution in [2.45, 2.75) is 19.4 Å². The second-order valence-electron chi connectivity index (χ2n) is 4.99. The zero-order valence-corrected chi connectivity index (χ0v) is 13.9. The van der Waals surface area contributed by atoms with Crippen LogP contribution in [0.3, 0.4) is 0 Å². The van der Waals surface area contributed by atoms with Gasteiger partial charge < -0.3 is 9.15 Å². The minimum Gasteiger partial charge on any atom is -0.489 e. The first-order valence-electron chi connectivity index (χ1n) is 7.09. The van der Waals surface area contributed by atoms with Crippen molar-refractivity contribution >= 4 is 33.6 Å². The molecule has 0 aliphatic heterocycles. The van der Waals surface area contributed by atoms with Gasteiger partial charge in [-0.05, 0) is 40.5 Å². The Hall–Kier alpha value is -1.49. The molecule has 0 fully saturated rings. The van der Waals surface area contributed by atoms with Gasteiger partial charge in [-0.2, -0.15) is 0 Å². The molecular formula is C18H17IO2. The fourth-order valence-corrected chi connectivity index (χ4v) is 2.73. The molecule has 1 heterocycles. The third-order valence-corrected chi connectivity index (χ3v) is 4.22. The molecule has 21 heavy (non-hydrogen) atoms. The second kappa shape index (κ2) is 6.98. The predicted molar refractivity (Wildman–Crippen MR) is 94.2 cm³/mol. The SMILES string of the molecule is ICCCc1coc2cc(OCc3ccccc3)ccc12. The second-order valence-corrected chi connectivity index (χ2v) is 6.06. The highest BCUT2D eigenvalue weighted by molar-refractivity contribution is 14.1. The normalized spacial score (nSPS) is 10.9. The highest BCUT2D eigenvalue weighted by Crippen LogP contribution is 2.27. The zero-order chi connectivity index (χ0) is 14.5. The molecule has 0 saturated heterocycles. The fraction of sp³-hybridized carbons (Fsp3) is 0.222. The lowest BCUT2D eigenvalue weighted by Crippen LogP contribution is -1.94. The van der Waals surface area contributed by atoms with Crippen molar-refractivity contribution in [1.82, 2.24) is 0 Å². The highest BCUT2D eigenvalue weighted by atomic mass is 127. The molecule has 0 unspecified atom stereocenters. The number of fused-ring (bicyclic) bond motifs is 1. The van der Waals surface area contributed by atoms with Gasteiger partial charge in [0.05, 0.1) is 6.26 Å². The summed E-state index contributed by atoms with van der Waals surface area (Å²) in [5, 5.41) is 1.20. The van der Waals surface area contributed by atoms with Gasteiger partial charge in [-0.15, -0.1) is 0 Å². The third-order valence-electron chi connectivity index (χ3n) is 3.46. The van der Waals surface area contributed by atoms with Crippen LogP contribution in [0.15, 0.2) is 59.2 Å². The lowest BCUT2D eigenvalue weighted by molar-refractivity contribution is 0.306. The summed E-state index contributed by atoms with van der Waals surface area (Å²) in [6.07, 6.45) is 4.12. The number of halogens is 1. The molecule has 3 aromatic rings. The van der Waals surface area contributed by atoms with E-state index in [0.717, 1.165) is 17.8 Å². The van der Waals surface area contributed by atoms with Crippen LogP contribution in [-0.4, -0.2) is 4.43 Å². The van der Waals surface area contributed by atoms with E-state index in [1.54, 1.807) is 0 Å². The smallest absolute Gasteiger partial charge is 0.137 e. The summed E-state index contributed by atoms with van der Waals surface area (Å²) in [7, 11) is 0. The molecular weight excluding hydrogens is 375 g/mol. The van der Waals surface area contributed by atoms with Gasteiger partial charge in [-0.25, -0.2) is 0 Å². The van der Waals surface area contributed by atoms with Crippen LogP contribution in [0.1, 0.15) is 17.5 Å². The van der Waals surface area contributed by atoms with Gasteiger partial charge in [0, 0.05) is 11.5 Å². The molecule has 2 nitrogen and oxygen atoms in total. The molecule has 108 valence electrons. The average molecular weight is 392 g/mol. The number of aryl methyl sites for hydroxylation is 1. The Kier molecular flexibility index (Phi) is 4.80. The summed E-state index contributed by atoms with van der Waals surface area (Å²) in [5.41, 5.74) is 3.36. The highest BCUT2D eigenvalue weighted by Gasteiger charge is 2.07. The van der Waals surface area contributed by atoms with Crippen LogP contribution in [0, 0.1) is 0 Å². The predicted octanol–water partition coefficient (Wildman–Crippen LogP) is 5.38. The van der Waals surface area contributed by atoms with Crippen LogP contribution in [0.4, 0.5) is 0 Å². The summed E-state index contributed by atoms with van der Waals surface area (Å²) in [5.74, 6) is 0.848. The molecule has 0 aliphatic carbocycles. The van der Waals surface area contributed by atoms with Crippen LogP contribution < -0.4 is 4.74 Å². The molecule has 2 aromatic carbocycles. The van der Waals surface area contributed by atoms with Crippen molar-refractivity contribution in [1.29, 1.82) is 0 Å². The lowest BCUT2D eigenvalue weighted by Gasteiger charge is -2.06. The van der Waals surface area contributed by atoms with Crippen LogP contribution in [0.2, 0.25) is 0 Å². The number of ether oxygens (including phenoxy) is 1. The molecule has 0 bridgehead atoms. The molecule has 0 atom stereocenters. The fourth-order valence-electron chi connectivity index (χ4n) is 2.35. The molecule has 0 amide bonds. The Labute approximate surface area is 138 Å². The Morgan fingerprint density at radius 3 is 2.71 bits per heavy atom. The van der Waals surface area contributed by atoms with Crippen LogP contribution in [-0.2, 0) is 13.0 Å². The van der Waals surface area contributed by atoms with Gasteiger partial charge in [-0.3, -0.25) is 0 Å². The van der Waals surface area contributed by atoms with Gasteiger partial charge in [0.1, 0.15) is 17.9 Å². The van der Waals surface area contributed by atoms with Crippen molar-refractivity contribution in [3.8, 4) is 5.75 Å². The van der Waals surface area contributed by atoms with E-state index >= 15 is 0 Å². The molecule has 0 saturated carbocycles. The number of benzene rings is 2. The topological polar surface area (TPSA) is 22.4 Å². The van der Waals surface area contributed by atoms with Gasteiger partial charge in [0.2, 0.25) is 0 Å². The molecule has 3 rings (SSSR count). The Balaban J connectivity index is 1.72. The van der Waals surface area contributed by atoms with Gasteiger partial charge >= 0.3 is 0 Å². The zero-order valence-electron chi connectivity index (χ0n) is 11.7. The van der Waals surface area contributed by atoms with Crippen molar-refractivity contribution < 1.29 is 9.15 Å². The van der Waals surface area contributed by atoms with E-state index in [1.807, 2.05) is 36.6 Å². The maximum atomic E-state index is 5.83. The van der Waals surface area contributed by atoms with Crippen molar-refractivity contribution in [3.05, 3.63) is 65.9 Å². The minimum absolute atomic E-state index is 0.578. The maximum Gasteiger partial charge on any atom is 0.137 e. The summed E-state index contributed by atoms with van der Waals surface area (Å²) in [4.78, 5) is 0. The largest absolute Gasteiger partial charge is 0.489 e. The van der Waals surface area contributed by atoms with E-state index in [0.29, 0.717) is 6.61 Å². The molecule has 0 spiro atoms. The molecule has 3 heteroatoms. The Morgan fingerprint density at radius 1 is 1.05 bits per heavy atom. The summed E-state index contributed by atoms with van der Waals surface area (Å²) in [6.45, 7) is 0.578. The first-order chi connectivity index (χ1) is 10.4. The summed E-state index contributed by atoms with van der Waals surface area (Å²) in [6, 6.07) is 16.3. The minimum atomic E-state index is 0.578. The number of rotatable bonds is 6. The average Bonchev–Trinajstić information content (AvgIpc) is 2.94. The van der Waals surface area contributed by atoms with E-state index in [4.69, 9.17) is 9.15 Å². The van der Waals surface area contributed by atoms with E-state index in [-0.39, 0.29) is 0 Å². The van der Waals surface area contributed by atoms with Crippen molar-refractivity contribution in [3.63, 3.8) is 0 Å². The first kappa shape index (κ1) is 14.4. The Bertz CT molecular complexity index is 704. The van der Waals surface area contributed by atoms with Crippen LogP contribution in [0.25, 0.3) is 11.0 Å². The van der Waals surface area contributed by atoms with Crippen LogP contribution in [0.5, 0.6) is 5.75 Å². The van der Waals surface area contributed by atoms with Crippen LogP contribution >= 0.6 is 22.6 Å². The van der Waals surface area contributed by atoms with Gasteiger partial charge in [-0.1, -0.05) is 52.9 Å². The first-order valence-corrected chi connectivity index (χ1v) is 8.62. The van der Waals surface area contributed by atoms with E-state index in [1.165, 1.54) is 27.4 Å². The lowest BCUT2D eigenvalue weighted by atomic mass is 10.1. The summed E-state index contributed by atoms with van der Waals surface area (Å²) < 4.78 is 12.7. The summed E-state index contributed by atoms with van der Waals surface area (Å²) >= 11 is 2.41. The van der Waals surface area contributed by atoms with E-state index < -0.39 is 0 Å². The quantitative estimate of drug-likeness (QED) is 0.415. The van der Waals surface area contributed by atoms with Gasteiger partial charge in [0.15, 0.2) is 0 Å². The number of alkyl halides is 1. The van der Waals surface area contributed by atoms with Gasteiger partial charge in [0.25, 0.3) is 0 Å². The number of hydrogen-bond acceptors (Lipinski definition) is 2.